The topological polar surface area (TPSA) is 86.8 Å². The normalized spacial score (nSPS) is 19.0. The lowest BCUT2D eigenvalue weighted by atomic mass is 10.1. The minimum absolute atomic E-state index is 0. The van der Waals surface area contributed by atoms with E-state index >= 15 is 0 Å². The molecule has 4 heterocycles. The summed E-state index contributed by atoms with van der Waals surface area (Å²) < 4.78 is 14.0. The van der Waals surface area contributed by atoms with Crippen LogP contribution < -0.4 is 10.4 Å². The van der Waals surface area contributed by atoms with Crippen LogP contribution in [-0.2, 0) is 17.8 Å². The molecule has 0 saturated carbocycles. The third kappa shape index (κ3) is 4.34. The van der Waals surface area contributed by atoms with Gasteiger partial charge in [-0.2, -0.15) is 9.61 Å². The van der Waals surface area contributed by atoms with E-state index in [-0.39, 0.29) is 19.2 Å². The van der Waals surface area contributed by atoms with Gasteiger partial charge in [0.05, 0.1) is 31.8 Å². The Bertz CT molecular complexity index is 1310. The summed E-state index contributed by atoms with van der Waals surface area (Å²) in [4.78, 5) is 24.6. The highest BCUT2D eigenvalue weighted by Crippen LogP contribution is 2.21. The summed E-state index contributed by atoms with van der Waals surface area (Å²) in [5.74, 6) is 0.770. The van der Waals surface area contributed by atoms with Crippen LogP contribution in [0, 0.1) is 0 Å². The van der Waals surface area contributed by atoms with Gasteiger partial charge in [-0.25, -0.2) is 14.8 Å². The number of ether oxygens (including phenoxy) is 2. The molecule has 1 saturated heterocycles. The minimum atomic E-state index is -0.267. The molecule has 0 spiro atoms. The van der Waals surface area contributed by atoms with Crippen molar-refractivity contribution in [3.8, 4) is 5.75 Å². The molecule has 0 N–H and O–H groups in total. The zero-order chi connectivity index (χ0) is 22.2. The number of benzene rings is 1. The molecule has 9 nitrogen and oxygen atoms in total. The number of rotatable bonds is 5. The van der Waals surface area contributed by atoms with Gasteiger partial charge in [0.2, 0.25) is 0 Å². The maximum Gasteiger partial charge on any atom is 0.352 e. The van der Waals surface area contributed by atoms with Gasteiger partial charge in [0.1, 0.15) is 17.7 Å². The molecule has 5 rings (SSSR count). The predicted molar refractivity (Wildman–Crippen MR) is 127 cm³/mol. The molecule has 174 valence electrons. The van der Waals surface area contributed by atoms with Gasteiger partial charge in [0.25, 0.3) is 0 Å². The van der Waals surface area contributed by atoms with E-state index < -0.39 is 0 Å². The fraction of sp³-hybridized carbons (Fsp3) is 0.417. The number of morpholine rings is 1. The van der Waals surface area contributed by atoms with E-state index in [1.165, 1.54) is 10.8 Å². The van der Waals surface area contributed by atoms with E-state index in [9.17, 15) is 4.79 Å². The molecule has 0 aliphatic carbocycles. The molecule has 1 aliphatic heterocycles. The first-order valence-electron chi connectivity index (χ1n) is 10.7. The van der Waals surface area contributed by atoms with Crippen molar-refractivity contribution in [1.29, 1.82) is 0 Å². The van der Waals surface area contributed by atoms with E-state index in [0.717, 1.165) is 42.0 Å². The Balaban J connectivity index is 0.00000259. The molecule has 1 aromatic carbocycles. The highest BCUT2D eigenvalue weighted by molar-refractivity contribution is 5.89. The first-order valence-corrected chi connectivity index (χ1v) is 10.7. The molecule has 0 amide bonds. The van der Waals surface area contributed by atoms with E-state index in [2.05, 4.69) is 34.9 Å². The summed E-state index contributed by atoms with van der Waals surface area (Å²) in [5.41, 5.74) is 2.89. The molecule has 9 heteroatoms. The number of pyridine rings is 1. The van der Waals surface area contributed by atoms with Gasteiger partial charge in [-0.05, 0) is 43.2 Å². The molecular formula is C24H30N6O3. The van der Waals surface area contributed by atoms with Crippen LogP contribution >= 0.6 is 0 Å². The standard InChI is InChI=1S/C23H26N6O3.CH4/c1-15-13-32-16(2)10-27(15)11-18-8-20-21(24-9-18)28(23(30)29-22(20)25-14-26-29)12-17-4-6-19(31-3)7-5-17;/h4-9,14-16H,10-13H2,1-3H3;1H4. The van der Waals surface area contributed by atoms with Crippen LogP contribution in [0.3, 0.4) is 0 Å². The quantitative estimate of drug-likeness (QED) is 0.462. The van der Waals surface area contributed by atoms with E-state index in [4.69, 9.17) is 14.5 Å². The molecule has 1 fully saturated rings. The average Bonchev–Trinajstić information content (AvgIpc) is 3.30. The number of hydrogen-bond acceptors (Lipinski definition) is 7. The fourth-order valence-corrected chi connectivity index (χ4v) is 4.22. The zero-order valence-corrected chi connectivity index (χ0v) is 18.4. The molecule has 2 unspecified atom stereocenters. The highest BCUT2D eigenvalue weighted by atomic mass is 16.5. The summed E-state index contributed by atoms with van der Waals surface area (Å²) in [5, 5.41) is 4.97. The van der Waals surface area contributed by atoms with E-state index in [1.54, 1.807) is 11.7 Å². The molecule has 4 aromatic rings. The molecule has 2 atom stereocenters. The van der Waals surface area contributed by atoms with Crippen LogP contribution in [0.4, 0.5) is 0 Å². The van der Waals surface area contributed by atoms with Gasteiger partial charge in [-0.3, -0.25) is 9.47 Å². The molecule has 0 radical (unpaired) electrons. The van der Waals surface area contributed by atoms with Gasteiger partial charge in [-0.1, -0.05) is 19.6 Å². The average molecular weight is 451 g/mol. The Morgan fingerprint density at radius 3 is 2.64 bits per heavy atom. The predicted octanol–water partition coefficient (Wildman–Crippen LogP) is 2.74. The third-order valence-corrected chi connectivity index (χ3v) is 6.00. The van der Waals surface area contributed by atoms with Crippen molar-refractivity contribution in [3.63, 3.8) is 0 Å². The molecule has 0 bridgehead atoms. The summed E-state index contributed by atoms with van der Waals surface area (Å²) in [6.07, 6.45) is 3.47. The van der Waals surface area contributed by atoms with E-state index in [0.29, 0.717) is 23.9 Å². The lowest BCUT2D eigenvalue weighted by Crippen LogP contribution is -2.46. The van der Waals surface area contributed by atoms with Crippen molar-refractivity contribution in [2.75, 3.05) is 20.3 Å². The molecule has 33 heavy (non-hydrogen) atoms. The van der Waals surface area contributed by atoms with Gasteiger partial charge in [0.15, 0.2) is 5.65 Å². The Morgan fingerprint density at radius 2 is 1.88 bits per heavy atom. The summed E-state index contributed by atoms with van der Waals surface area (Å²) >= 11 is 0. The second-order valence-electron chi connectivity index (χ2n) is 8.35. The lowest BCUT2D eigenvalue weighted by Gasteiger charge is -2.36. The second kappa shape index (κ2) is 9.29. The van der Waals surface area contributed by atoms with Crippen molar-refractivity contribution in [2.45, 2.75) is 46.5 Å². The Kier molecular flexibility index (Phi) is 6.44. The summed E-state index contributed by atoms with van der Waals surface area (Å²) in [6.45, 7) is 6.99. The SMILES string of the molecule is C.COc1ccc(Cn2c(=O)n3ncnc3c3cc(CN4CC(C)OCC4C)cnc32)cc1. The van der Waals surface area contributed by atoms with Crippen LogP contribution in [0.25, 0.3) is 16.7 Å². The van der Waals surface area contributed by atoms with Crippen molar-refractivity contribution in [1.82, 2.24) is 29.0 Å². The van der Waals surface area contributed by atoms with Crippen LogP contribution in [-0.4, -0.2) is 61.5 Å². The molecule has 3 aromatic heterocycles. The van der Waals surface area contributed by atoms with Crippen LogP contribution in [0.5, 0.6) is 5.75 Å². The van der Waals surface area contributed by atoms with Crippen molar-refractivity contribution < 1.29 is 9.47 Å². The second-order valence-corrected chi connectivity index (χ2v) is 8.35. The number of nitrogens with zero attached hydrogens (tertiary/aromatic N) is 6. The van der Waals surface area contributed by atoms with Gasteiger partial charge >= 0.3 is 5.69 Å². The van der Waals surface area contributed by atoms with Crippen LogP contribution in [0.1, 0.15) is 32.4 Å². The maximum atomic E-state index is 13.1. The Hall–Kier alpha value is -3.30. The van der Waals surface area contributed by atoms with Crippen LogP contribution in [0.2, 0.25) is 0 Å². The lowest BCUT2D eigenvalue weighted by molar-refractivity contribution is -0.0526. The van der Waals surface area contributed by atoms with Crippen molar-refractivity contribution >= 4 is 16.7 Å². The number of aromatic nitrogens is 5. The Labute approximate surface area is 192 Å². The third-order valence-electron chi connectivity index (χ3n) is 6.00. The van der Waals surface area contributed by atoms with Gasteiger partial charge in [0, 0.05) is 25.3 Å². The minimum Gasteiger partial charge on any atom is -0.497 e. The van der Waals surface area contributed by atoms with Crippen LogP contribution in [0.15, 0.2) is 47.7 Å². The monoisotopic (exact) mass is 450 g/mol. The number of hydrogen-bond donors (Lipinski definition) is 0. The summed E-state index contributed by atoms with van der Waals surface area (Å²) in [7, 11) is 1.63. The van der Waals surface area contributed by atoms with Gasteiger partial charge in [-0.15, -0.1) is 0 Å². The highest BCUT2D eigenvalue weighted by Gasteiger charge is 2.24. The first kappa shape index (κ1) is 22.9. The number of fused-ring (bicyclic) bond motifs is 3. The Morgan fingerprint density at radius 1 is 1.09 bits per heavy atom. The molecular weight excluding hydrogens is 420 g/mol. The number of methoxy groups -OCH3 is 1. The van der Waals surface area contributed by atoms with Crippen molar-refractivity contribution in [2.24, 2.45) is 0 Å². The largest absolute Gasteiger partial charge is 0.497 e. The first-order chi connectivity index (χ1) is 15.5. The van der Waals surface area contributed by atoms with Gasteiger partial charge < -0.3 is 9.47 Å². The maximum absolute atomic E-state index is 13.1. The fourth-order valence-electron chi connectivity index (χ4n) is 4.22. The molecule has 1 aliphatic rings. The zero-order valence-electron chi connectivity index (χ0n) is 18.4. The smallest absolute Gasteiger partial charge is 0.352 e. The van der Waals surface area contributed by atoms with Crippen molar-refractivity contribution in [3.05, 3.63) is 64.5 Å². The van der Waals surface area contributed by atoms with E-state index in [1.807, 2.05) is 30.5 Å². The summed E-state index contributed by atoms with van der Waals surface area (Å²) in [6, 6.07) is 10.1.